The molecule has 0 spiro atoms. The summed E-state index contributed by atoms with van der Waals surface area (Å²) in [6.45, 7) is 7.27. The van der Waals surface area contributed by atoms with E-state index in [2.05, 4.69) is 30.0 Å². The van der Waals surface area contributed by atoms with Crippen LogP contribution >= 0.6 is 34.3 Å². The van der Waals surface area contributed by atoms with Crippen LogP contribution in [0.1, 0.15) is 23.8 Å². The summed E-state index contributed by atoms with van der Waals surface area (Å²) in [5.74, 6) is 0.0765. The fourth-order valence-electron chi connectivity index (χ4n) is 3.69. The van der Waals surface area contributed by atoms with Gasteiger partial charge in [-0.3, -0.25) is 14.6 Å². The van der Waals surface area contributed by atoms with Gasteiger partial charge in [0.15, 0.2) is 5.13 Å². The molecule has 5 nitrogen and oxygen atoms in total. The highest BCUT2D eigenvalue weighted by Gasteiger charge is 2.22. The first kappa shape index (κ1) is 21.7. The maximum Gasteiger partial charge on any atom is 0.234 e. The van der Waals surface area contributed by atoms with Crippen LogP contribution in [-0.4, -0.2) is 55.2 Å². The lowest BCUT2D eigenvalue weighted by atomic mass is 10.1. The molecule has 3 heterocycles. The number of halogens is 1. The van der Waals surface area contributed by atoms with Crippen LogP contribution in [0.4, 0.5) is 5.13 Å². The predicted molar refractivity (Wildman–Crippen MR) is 126 cm³/mol. The van der Waals surface area contributed by atoms with Crippen LogP contribution in [0.15, 0.2) is 30.3 Å². The number of thiophene rings is 1. The van der Waals surface area contributed by atoms with E-state index in [0.717, 1.165) is 65.9 Å². The van der Waals surface area contributed by atoms with Gasteiger partial charge >= 0.3 is 0 Å². The molecule has 1 fully saturated rings. The molecule has 30 heavy (non-hydrogen) atoms. The molecule has 3 aromatic rings. The second-order valence-corrected chi connectivity index (χ2v) is 10.2. The van der Waals surface area contributed by atoms with Gasteiger partial charge in [0, 0.05) is 31.1 Å². The lowest BCUT2D eigenvalue weighted by molar-refractivity contribution is -0.118. The molecular weight excluding hydrogens is 438 g/mol. The summed E-state index contributed by atoms with van der Waals surface area (Å²) in [7, 11) is 0. The Kier molecular flexibility index (Phi) is 7.38. The van der Waals surface area contributed by atoms with Crippen molar-refractivity contribution in [1.82, 2.24) is 9.88 Å². The van der Waals surface area contributed by atoms with Crippen LogP contribution < -0.4 is 4.90 Å². The van der Waals surface area contributed by atoms with Crippen LogP contribution in [0.2, 0.25) is 4.34 Å². The third-order valence-corrected chi connectivity index (χ3v) is 7.59. The summed E-state index contributed by atoms with van der Waals surface area (Å²) in [4.78, 5) is 23.4. The van der Waals surface area contributed by atoms with Crippen molar-refractivity contribution >= 4 is 55.5 Å². The van der Waals surface area contributed by atoms with Crippen molar-refractivity contribution in [2.24, 2.45) is 0 Å². The van der Waals surface area contributed by atoms with Crippen molar-refractivity contribution in [1.29, 1.82) is 0 Å². The first-order valence-corrected chi connectivity index (χ1v) is 12.4. The van der Waals surface area contributed by atoms with Gasteiger partial charge in [-0.05, 0) is 36.6 Å². The molecular formula is C22H26ClN3O2S2. The van der Waals surface area contributed by atoms with E-state index < -0.39 is 0 Å². The average molecular weight is 464 g/mol. The molecule has 0 bridgehead atoms. The molecule has 8 heteroatoms. The molecule has 2 aromatic heterocycles. The molecule has 4 rings (SSSR count). The molecule has 0 N–H and O–H groups in total. The van der Waals surface area contributed by atoms with Gasteiger partial charge in [-0.25, -0.2) is 4.98 Å². The van der Waals surface area contributed by atoms with Gasteiger partial charge in [0.25, 0.3) is 0 Å². The van der Waals surface area contributed by atoms with E-state index in [1.165, 1.54) is 16.9 Å². The zero-order chi connectivity index (χ0) is 20.9. The quantitative estimate of drug-likeness (QED) is 0.478. The molecule has 1 aliphatic heterocycles. The Morgan fingerprint density at radius 2 is 2.07 bits per heavy atom. The maximum absolute atomic E-state index is 13.3. The first-order chi connectivity index (χ1) is 14.6. The number of fused-ring (bicyclic) bond motifs is 1. The third kappa shape index (κ3) is 5.21. The Bertz CT molecular complexity index is 997. The van der Waals surface area contributed by atoms with Gasteiger partial charge < -0.3 is 4.74 Å². The number of hydrogen-bond acceptors (Lipinski definition) is 6. The summed E-state index contributed by atoms with van der Waals surface area (Å²) in [5.41, 5.74) is 2.24. The second kappa shape index (κ2) is 10.2. The Hall–Kier alpha value is -1.51. The number of aryl methyl sites for hydroxylation is 1. The molecule has 0 aliphatic carbocycles. The standard InChI is InChI=1S/C22H26ClN3O2S2/c1-2-16-5-3-6-18-21(16)24-22(30-18)26(10-4-9-25-11-13-28-14-12-25)20(27)15-17-7-8-19(23)29-17/h3,5-8H,2,4,9-15H2,1H3. The van der Waals surface area contributed by atoms with Gasteiger partial charge in [-0.15, -0.1) is 11.3 Å². The van der Waals surface area contributed by atoms with Crippen molar-refractivity contribution < 1.29 is 9.53 Å². The van der Waals surface area contributed by atoms with Gasteiger partial charge in [-0.2, -0.15) is 0 Å². The summed E-state index contributed by atoms with van der Waals surface area (Å²) in [6, 6.07) is 10.1. The number of rotatable bonds is 8. The largest absolute Gasteiger partial charge is 0.379 e. The highest BCUT2D eigenvalue weighted by molar-refractivity contribution is 7.22. The molecule has 1 aliphatic rings. The van der Waals surface area contributed by atoms with Gasteiger partial charge in [0.05, 0.1) is 34.2 Å². The van der Waals surface area contributed by atoms with Gasteiger partial charge in [0.1, 0.15) is 0 Å². The smallest absolute Gasteiger partial charge is 0.234 e. The fourth-order valence-corrected chi connectivity index (χ4v) is 5.83. The summed E-state index contributed by atoms with van der Waals surface area (Å²) < 4.78 is 7.28. The van der Waals surface area contributed by atoms with Gasteiger partial charge in [0.2, 0.25) is 5.91 Å². The predicted octanol–water partition coefficient (Wildman–Crippen LogP) is 4.87. The molecule has 0 saturated carbocycles. The number of carbonyl (C=O) groups is 1. The molecule has 0 unspecified atom stereocenters. The monoisotopic (exact) mass is 463 g/mol. The average Bonchev–Trinajstić information content (AvgIpc) is 3.37. The van der Waals surface area contributed by atoms with Crippen molar-refractivity contribution in [3.05, 3.63) is 45.1 Å². The van der Waals surface area contributed by atoms with Crippen molar-refractivity contribution in [2.45, 2.75) is 26.2 Å². The molecule has 1 amide bonds. The van der Waals surface area contributed by atoms with Gasteiger partial charge in [-0.1, -0.05) is 42.0 Å². The SMILES string of the molecule is CCc1cccc2sc(N(CCCN3CCOCC3)C(=O)Cc3ccc(Cl)s3)nc12. The van der Waals surface area contributed by atoms with E-state index in [4.69, 9.17) is 21.3 Å². The third-order valence-electron chi connectivity index (χ3n) is 5.32. The molecule has 1 aromatic carbocycles. The molecule has 160 valence electrons. The zero-order valence-corrected chi connectivity index (χ0v) is 19.5. The van der Waals surface area contributed by atoms with Crippen molar-refractivity contribution in [2.75, 3.05) is 44.3 Å². The summed E-state index contributed by atoms with van der Waals surface area (Å²) in [5, 5.41) is 0.792. The number of anilines is 1. The number of thiazole rings is 1. The topological polar surface area (TPSA) is 45.7 Å². The van der Waals surface area contributed by atoms with E-state index >= 15 is 0 Å². The number of carbonyl (C=O) groups excluding carboxylic acids is 1. The van der Waals surface area contributed by atoms with Crippen molar-refractivity contribution in [3.8, 4) is 0 Å². The number of para-hydroxylation sites is 1. The van der Waals surface area contributed by atoms with E-state index in [0.29, 0.717) is 17.3 Å². The molecule has 0 radical (unpaired) electrons. The fraction of sp³-hybridized carbons (Fsp3) is 0.455. The zero-order valence-electron chi connectivity index (χ0n) is 17.1. The first-order valence-electron chi connectivity index (χ1n) is 10.4. The minimum atomic E-state index is 0.0765. The molecule has 0 atom stereocenters. The van der Waals surface area contributed by atoms with E-state index in [1.54, 1.807) is 11.3 Å². The van der Waals surface area contributed by atoms with Crippen LogP contribution in [0.5, 0.6) is 0 Å². The van der Waals surface area contributed by atoms with Crippen LogP contribution in [0, 0.1) is 0 Å². The lowest BCUT2D eigenvalue weighted by Crippen LogP contribution is -2.39. The number of morpholine rings is 1. The lowest BCUT2D eigenvalue weighted by Gasteiger charge is -2.27. The Balaban J connectivity index is 1.53. The Morgan fingerprint density at radius 3 is 2.80 bits per heavy atom. The van der Waals surface area contributed by atoms with E-state index in [1.807, 2.05) is 17.0 Å². The van der Waals surface area contributed by atoms with Crippen molar-refractivity contribution in [3.63, 3.8) is 0 Å². The van der Waals surface area contributed by atoms with Crippen LogP contribution in [-0.2, 0) is 22.4 Å². The van der Waals surface area contributed by atoms with E-state index in [-0.39, 0.29) is 5.91 Å². The number of amides is 1. The number of benzene rings is 1. The minimum Gasteiger partial charge on any atom is -0.379 e. The maximum atomic E-state index is 13.3. The molecule has 1 saturated heterocycles. The Labute approximate surface area is 190 Å². The normalized spacial score (nSPS) is 15.0. The van der Waals surface area contributed by atoms with E-state index in [9.17, 15) is 4.79 Å². The van der Waals surface area contributed by atoms with Crippen LogP contribution in [0.3, 0.4) is 0 Å². The Morgan fingerprint density at radius 1 is 1.23 bits per heavy atom. The second-order valence-electron chi connectivity index (χ2n) is 7.35. The highest BCUT2D eigenvalue weighted by atomic mass is 35.5. The minimum absolute atomic E-state index is 0.0765. The van der Waals surface area contributed by atoms with Crippen LogP contribution in [0.25, 0.3) is 10.2 Å². The summed E-state index contributed by atoms with van der Waals surface area (Å²) in [6.07, 6.45) is 2.19. The number of ether oxygens (including phenoxy) is 1. The number of hydrogen-bond donors (Lipinski definition) is 0. The highest BCUT2D eigenvalue weighted by Crippen LogP contribution is 2.32. The number of aromatic nitrogens is 1. The summed E-state index contributed by atoms with van der Waals surface area (Å²) >= 11 is 9.13. The number of nitrogens with zero attached hydrogens (tertiary/aromatic N) is 3.